The Kier molecular flexibility index (Phi) is 6.33. The summed E-state index contributed by atoms with van der Waals surface area (Å²) >= 11 is 7.10. The van der Waals surface area contributed by atoms with Gasteiger partial charge in [0.2, 0.25) is 0 Å². The smallest absolute Gasteiger partial charge is 0.138 e. The van der Waals surface area contributed by atoms with Gasteiger partial charge in [-0.1, -0.05) is 15.9 Å². The monoisotopic (exact) mass is 405 g/mol. The summed E-state index contributed by atoms with van der Waals surface area (Å²) in [6.45, 7) is 7.50. The average Bonchev–Trinajstić information content (AvgIpc) is 2.79. The zero-order valence-corrected chi connectivity index (χ0v) is 15.1. The Morgan fingerprint density at radius 2 is 2.20 bits per heavy atom. The number of ether oxygens (including phenoxy) is 2. The summed E-state index contributed by atoms with van der Waals surface area (Å²) in [5.41, 5.74) is 1.17. The number of nitrogens with one attached hydrogen (secondary N) is 1. The first kappa shape index (κ1) is 16.3. The molecule has 0 amide bonds. The molecule has 1 N–H and O–H groups in total. The van der Waals surface area contributed by atoms with Gasteiger partial charge in [0.05, 0.1) is 17.2 Å². The molecule has 112 valence electrons. The van der Waals surface area contributed by atoms with Gasteiger partial charge < -0.3 is 14.8 Å². The summed E-state index contributed by atoms with van der Waals surface area (Å²) in [5, 5.41) is 3.53. The fraction of sp³-hybridized carbons (Fsp3) is 0.600. The SMILES string of the molecule is CCOc1c(Br)cc(Br)cc1CNCC1CCOC1C. The maximum atomic E-state index is 5.73. The fourth-order valence-electron chi connectivity index (χ4n) is 2.49. The molecule has 1 aromatic carbocycles. The van der Waals surface area contributed by atoms with E-state index >= 15 is 0 Å². The van der Waals surface area contributed by atoms with E-state index in [2.05, 4.69) is 50.2 Å². The molecule has 0 spiro atoms. The second-order valence-electron chi connectivity index (χ2n) is 5.06. The van der Waals surface area contributed by atoms with Crippen LogP contribution in [0.2, 0.25) is 0 Å². The summed E-state index contributed by atoms with van der Waals surface area (Å²) in [4.78, 5) is 0. The lowest BCUT2D eigenvalue weighted by Gasteiger charge is -2.17. The fourth-order valence-corrected chi connectivity index (χ4v) is 3.92. The van der Waals surface area contributed by atoms with E-state index in [-0.39, 0.29) is 0 Å². The minimum atomic E-state index is 0.364. The number of rotatable bonds is 6. The van der Waals surface area contributed by atoms with Gasteiger partial charge in [0.1, 0.15) is 5.75 Å². The average molecular weight is 407 g/mol. The largest absolute Gasteiger partial charge is 0.492 e. The van der Waals surface area contributed by atoms with E-state index in [1.54, 1.807) is 0 Å². The highest BCUT2D eigenvalue weighted by atomic mass is 79.9. The van der Waals surface area contributed by atoms with Crippen LogP contribution in [-0.4, -0.2) is 25.9 Å². The molecule has 20 heavy (non-hydrogen) atoms. The van der Waals surface area contributed by atoms with Crippen molar-refractivity contribution in [1.82, 2.24) is 5.32 Å². The second-order valence-corrected chi connectivity index (χ2v) is 6.83. The Balaban J connectivity index is 1.97. The zero-order valence-electron chi connectivity index (χ0n) is 11.9. The molecule has 1 aromatic rings. The van der Waals surface area contributed by atoms with Gasteiger partial charge in [0.15, 0.2) is 0 Å². The van der Waals surface area contributed by atoms with Crippen molar-refractivity contribution in [3.05, 3.63) is 26.6 Å². The van der Waals surface area contributed by atoms with Crippen molar-refractivity contribution >= 4 is 31.9 Å². The van der Waals surface area contributed by atoms with Gasteiger partial charge in [0.25, 0.3) is 0 Å². The van der Waals surface area contributed by atoms with E-state index in [4.69, 9.17) is 9.47 Å². The number of hydrogen-bond donors (Lipinski definition) is 1. The third-order valence-electron chi connectivity index (χ3n) is 3.63. The topological polar surface area (TPSA) is 30.5 Å². The first-order valence-electron chi connectivity index (χ1n) is 7.04. The van der Waals surface area contributed by atoms with Crippen molar-refractivity contribution in [3.8, 4) is 5.75 Å². The molecule has 0 aliphatic carbocycles. The van der Waals surface area contributed by atoms with Gasteiger partial charge in [-0.15, -0.1) is 0 Å². The molecule has 0 bridgehead atoms. The summed E-state index contributed by atoms with van der Waals surface area (Å²) in [6, 6.07) is 4.12. The maximum absolute atomic E-state index is 5.73. The highest BCUT2D eigenvalue weighted by Gasteiger charge is 2.23. The molecule has 2 unspecified atom stereocenters. The van der Waals surface area contributed by atoms with Crippen LogP contribution in [0.1, 0.15) is 25.8 Å². The van der Waals surface area contributed by atoms with Gasteiger partial charge in [-0.2, -0.15) is 0 Å². The van der Waals surface area contributed by atoms with Gasteiger partial charge in [-0.05, 0) is 54.2 Å². The quantitative estimate of drug-likeness (QED) is 0.770. The summed E-state index contributed by atoms with van der Waals surface area (Å²) in [6.07, 6.45) is 1.51. The molecule has 2 atom stereocenters. The van der Waals surface area contributed by atoms with E-state index in [9.17, 15) is 0 Å². The van der Waals surface area contributed by atoms with Crippen LogP contribution in [0.15, 0.2) is 21.1 Å². The molecular weight excluding hydrogens is 386 g/mol. The number of benzene rings is 1. The van der Waals surface area contributed by atoms with Crippen LogP contribution in [-0.2, 0) is 11.3 Å². The normalized spacial score (nSPS) is 22.2. The minimum absolute atomic E-state index is 0.364. The molecule has 0 aromatic heterocycles. The van der Waals surface area contributed by atoms with Crippen LogP contribution < -0.4 is 10.1 Å². The minimum Gasteiger partial charge on any atom is -0.492 e. The predicted octanol–water partition coefficient (Wildman–Crippen LogP) is 4.12. The summed E-state index contributed by atoms with van der Waals surface area (Å²) in [5.74, 6) is 1.54. The Hall–Kier alpha value is -0.100. The van der Waals surface area contributed by atoms with Gasteiger partial charge >= 0.3 is 0 Å². The van der Waals surface area contributed by atoms with E-state index in [1.165, 1.54) is 5.56 Å². The Labute approximate surface area is 137 Å². The summed E-state index contributed by atoms with van der Waals surface area (Å²) in [7, 11) is 0. The maximum Gasteiger partial charge on any atom is 0.138 e. The molecule has 1 fully saturated rings. The molecule has 1 saturated heterocycles. The first-order valence-corrected chi connectivity index (χ1v) is 8.63. The highest BCUT2D eigenvalue weighted by molar-refractivity contribution is 9.11. The molecule has 0 radical (unpaired) electrons. The van der Waals surface area contributed by atoms with E-state index < -0.39 is 0 Å². The van der Waals surface area contributed by atoms with Crippen molar-refractivity contribution in [1.29, 1.82) is 0 Å². The van der Waals surface area contributed by atoms with Gasteiger partial charge in [0, 0.05) is 29.7 Å². The lowest BCUT2D eigenvalue weighted by atomic mass is 10.0. The van der Waals surface area contributed by atoms with Gasteiger partial charge in [-0.25, -0.2) is 0 Å². The molecule has 0 saturated carbocycles. The first-order chi connectivity index (χ1) is 9.61. The summed E-state index contributed by atoms with van der Waals surface area (Å²) < 4.78 is 13.4. The lowest BCUT2D eigenvalue weighted by Crippen LogP contribution is -2.26. The number of hydrogen-bond acceptors (Lipinski definition) is 3. The number of halogens is 2. The van der Waals surface area contributed by atoms with E-state index in [0.717, 1.165) is 40.8 Å². The molecule has 3 nitrogen and oxygen atoms in total. The van der Waals surface area contributed by atoms with Crippen molar-refractivity contribution in [2.75, 3.05) is 19.8 Å². The van der Waals surface area contributed by atoms with Crippen molar-refractivity contribution in [2.24, 2.45) is 5.92 Å². The third kappa shape index (κ3) is 4.20. The molecule has 5 heteroatoms. The van der Waals surface area contributed by atoms with E-state index in [0.29, 0.717) is 18.6 Å². The standard InChI is InChI=1S/C15H21Br2NO2/c1-3-19-15-12(6-13(16)7-14(15)17)9-18-8-11-4-5-20-10(11)2/h6-7,10-11,18H,3-5,8-9H2,1-2H3. The predicted molar refractivity (Wildman–Crippen MR) is 88.2 cm³/mol. The Morgan fingerprint density at radius 3 is 2.85 bits per heavy atom. The van der Waals surface area contributed by atoms with Crippen molar-refractivity contribution < 1.29 is 9.47 Å². The van der Waals surface area contributed by atoms with Crippen LogP contribution in [0.3, 0.4) is 0 Å². The molecule has 1 aliphatic rings. The van der Waals surface area contributed by atoms with Crippen LogP contribution in [0, 0.1) is 5.92 Å². The molecule has 2 rings (SSSR count). The Morgan fingerprint density at radius 1 is 1.40 bits per heavy atom. The van der Waals surface area contributed by atoms with Crippen molar-refractivity contribution in [2.45, 2.75) is 32.9 Å². The highest BCUT2D eigenvalue weighted by Crippen LogP contribution is 2.33. The second kappa shape index (κ2) is 7.78. The molecule has 1 heterocycles. The van der Waals surface area contributed by atoms with E-state index in [1.807, 2.05) is 13.0 Å². The zero-order chi connectivity index (χ0) is 14.5. The Bertz CT molecular complexity index is 454. The third-order valence-corrected chi connectivity index (χ3v) is 4.68. The van der Waals surface area contributed by atoms with Crippen LogP contribution in [0.4, 0.5) is 0 Å². The lowest BCUT2D eigenvalue weighted by molar-refractivity contribution is 0.105. The van der Waals surface area contributed by atoms with Crippen LogP contribution >= 0.6 is 31.9 Å². The van der Waals surface area contributed by atoms with Crippen LogP contribution in [0.25, 0.3) is 0 Å². The van der Waals surface area contributed by atoms with Gasteiger partial charge in [-0.3, -0.25) is 0 Å². The van der Waals surface area contributed by atoms with Crippen molar-refractivity contribution in [3.63, 3.8) is 0 Å². The molecular formula is C15H21Br2NO2. The van der Waals surface area contributed by atoms with Crippen LogP contribution in [0.5, 0.6) is 5.75 Å². The molecule has 1 aliphatic heterocycles.